The second-order valence-corrected chi connectivity index (χ2v) is 18.6. The molecule has 1 saturated carbocycles. The van der Waals surface area contributed by atoms with Crippen molar-refractivity contribution in [1.29, 1.82) is 0 Å². The fourth-order valence-electron chi connectivity index (χ4n) is 11.6. The van der Waals surface area contributed by atoms with Crippen molar-refractivity contribution in [2.24, 2.45) is 11.8 Å². The van der Waals surface area contributed by atoms with E-state index in [1.54, 1.807) is 5.57 Å². The first kappa shape index (κ1) is 39.1. The lowest BCUT2D eigenvalue weighted by atomic mass is 9.58. The molecule has 2 bridgehead atoms. The van der Waals surface area contributed by atoms with Gasteiger partial charge in [-0.25, -0.2) is 0 Å². The van der Waals surface area contributed by atoms with E-state index in [-0.39, 0.29) is 5.41 Å². The first-order chi connectivity index (χ1) is 32.1. The van der Waals surface area contributed by atoms with Gasteiger partial charge in [-0.1, -0.05) is 207 Å². The van der Waals surface area contributed by atoms with Gasteiger partial charge in [0.05, 0.1) is 0 Å². The quantitative estimate of drug-likeness (QED) is 0.138. The van der Waals surface area contributed by atoms with Gasteiger partial charge in [-0.15, -0.1) is 0 Å². The van der Waals surface area contributed by atoms with Crippen molar-refractivity contribution in [3.05, 3.63) is 247 Å². The monoisotopic (exact) mass is 833 g/mol. The molecule has 1 nitrogen and oxygen atoms in total. The summed E-state index contributed by atoms with van der Waals surface area (Å²) >= 11 is 0. The van der Waals surface area contributed by atoms with Gasteiger partial charge in [-0.2, -0.15) is 0 Å². The van der Waals surface area contributed by atoms with E-state index in [2.05, 4.69) is 242 Å². The fourth-order valence-corrected chi connectivity index (χ4v) is 11.6. The Labute approximate surface area is 384 Å². The molecule has 65 heavy (non-hydrogen) atoms. The molecule has 0 amide bonds. The Morgan fingerprint density at radius 3 is 1.48 bits per heavy atom. The van der Waals surface area contributed by atoms with Crippen molar-refractivity contribution in [2.75, 3.05) is 4.90 Å². The maximum absolute atomic E-state index is 2.64. The van der Waals surface area contributed by atoms with Crippen LogP contribution in [0.4, 0.5) is 17.1 Å². The van der Waals surface area contributed by atoms with Crippen molar-refractivity contribution in [3.63, 3.8) is 0 Å². The number of hydrogen-bond donors (Lipinski definition) is 0. The lowest BCUT2D eigenvalue weighted by molar-refractivity contribution is 0.284. The van der Waals surface area contributed by atoms with Crippen LogP contribution in [0.5, 0.6) is 0 Å². The largest absolute Gasteiger partial charge is 0.310 e. The molecule has 1 heteroatoms. The van der Waals surface area contributed by atoms with Crippen LogP contribution in [0, 0.1) is 11.8 Å². The smallest absolute Gasteiger partial charge is 0.0467 e. The molecule has 0 N–H and O–H groups in total. The number of allylic oxidation sites excluding steroid dienone is 2. The molecule has 3 aliphatic carbocycles. The molecule has 1 fully saturated rings. The van der Waals surface area contributed by atoms with E-state index in [9.17, 15) is 0 Å². The minimum atomic E-state index is 0.0120. The molecule has 312 valence electrons. The summed E-state index contributed by atoms with van der Waals surface area (Å²) in [6.45, 7) is 2.42. The normalized spacial score (nSPS) is 18.1. The van der Waals surface area contributed by atoms with Gasteiger partial charge in [0.15, 0.2) is 0 Å². The molecule has 3 atom stereocenters. The average Bonchev–Trinajstić information content (AvgIpc) is 3.66. The summed E-state index contributed by atoms with van der Waals surface area (Å²) < 4.78 is 0. The number of fused-ring (bicyclic) bond motifs is 8. The molecular formula is C64H51N. The van der Waals surface area contributed by atoms with Gasteiger partial charge in [-0.05, 0) is 152 Å². The highest BCUT2D eigenvalue weighted by molar-refractivity contribution is 5.94. The predicted molar refractivity (Wildman–Crippen MR) is 274 cm³/mol. The summed E-state index contributed by atoms with van der Waals surface area (Å²) in [4.78, 5) is 2.36. The molecule has 0 radical (unpaired) electrons. The van der Waals surface area contributed by atoms with E-state index in [0.717, 1.165) is 23.0 Å². The Hall–Kier alpha value is -7.48. The number of benzene rings is 9. The zero-order valence-corrected chi connectivity index (χ0v) is 36.9. The Kier molecular flexibility index (Phi) is 9.79. The summed E-state index contributed by atoms with van der Waals surface area (Å²) in [5, 5.41) is 0. The molecular weight excluding hydrogens is 783 g/mol. The Morgan fingerprint density at radius 2 is 0.862 bits per heavy atom. The van der Waals surface area contributed by atoms with Gasteiger partial charge < -0.3 is 4.90 Å². The van der Waals surface area contributed by atoms with Crippen LogP contribution in [0.15, 0.2) is 236 Å². The van der Waals surface area contributed by atoms with Crippen molar-refractivity contribution < 1.29 is 0 Å². The van der Waals surface area contributed by atoms with E-state index >= 15 is 0 Å². The van der Waals surface area contributed by atoms with Gasteiger partial charge in [0.2, 0.25) is 0 Å². The molecule has 12 rings (SSSR count). The number of hydrogen-bond acceptors (Lipinski definition) is 1. The standard InChI is InChI=1S/C64H51N/c1-44-40-45-38-39-64(55(41-44)42-45)61-20-9-8-18-60(61)63-59(19-11-21-62(63)64)53-28-26-50(27-29-53)48-22-24-49(25-23-48)52-32-36-57(37-33-52)65(56-34-30-51(31-35-56)46-12-4-2-5-13-46)58-17-10-16-54(43-58)47-14-6-3-7-15-47/h2-37,41,43-45H,38-40,42H2,1H3. The zero-order chi connectivity index (χ0) is 43.3. The molecule has 0 aromatic heterocycles. The SMILES string of the molecule is CC1C=C2CC(CCC23c2ccccc2-c2c(-c4ccc(-c5ccc(-c6ccc(N(c7ccc(-c8ccccc8)cc7)c7cccc(-c8ccccc8)c7)cc6)cc5)cc4)cccc23)C1. The molecule has 3 aliphatic rings. The Balaban J connectivity index is 0.825. The minimum Gasteiger partial charge on any atom is -0.310 e. The molecule has 9 aromatic rings. The first-order valence-electron chi connectivity index (χ1n) is 23.5. The Morgan fingerprint density at radius 1 is 0.400 bits per heavy atom. The second kappa shape index (κ2) is 16.3. The molecule has 3 unspecified atom stereocenters. The van der Waals surface area contributed by atoms with Gasteiger partial charge in [0.1, 0.15) is 0 Å². The maximum Gasteiger partial charge on any atom is 0.0467 e. The number of anilines is 3. The van der Waals surface area contributed by atoms with Gasteiger partial charge >= 0.3 is 0 Å². The van der Waals surface area contributed by atoms with Crippen LogP contribution in [0.2, 0.25) is 0 Å². The lowest BCUT2D eigenvalue weighted by Crippen LogP contribution is -2.36. The third-order valence-electron chi connectivity index (χ3n) is 14.7. The summed E-state index contributed by atoms with van der Waals surface area (Å²) in [5.74, 6) is 1.49. The number of rotatable bonds is 8. The van der Waals surface area contributed by atoms with Crippen LogP contribution < -0.4 is 4.90 Å². The second-order valence-electron chi connectivity index (χ2n) is 18.6. The van der Waals surface area contributed by atoms with E-state index in [1.165, 1.54) is 104 Å². The average molecular weight is 834 g/mol. The van der Waals surface area contributed by atoms with Crippen LogP contribution in [0.3, 0.4) is 0 Å². The molecule has 0 aliphatic heterocycles. The van der Waals surface area contributed by atoms with Crippen molar-refractivity contribution in [3.8, 4) is 66.8 Å². The van der Waals surface area contributed by atoms with Crippen LogP contribution in [0.1, 0.15) is 43.7 Å². The highest BCUT2D eigenvalue weighted by Crippen LogP contribution is 2.62. The van der Waals surface area contributed by atoms with Crippen LogP contribution in [-0.2, 0) is 5.41 Å². The fraction of sp³-hybridized carbons (Fsp3) is 0.125. The van der Waals surface area contributed by atoms with Crippen molar-refractivity contribution in [2.45, 2.75) is 38.0 Å². The molecule has 9 aromatic carbocycles. The first-order valence-corrected chi connectivity index (χ1v) is 23.5. The summed E-state index contributed by atoms with van der Waals surface area (Å²) in [6, 6.07) is 82.7. The molecule has 1 spiro atoms. The summed E-state index contributed by atoms with van der Waals surface area (Å²) in [6.07, 6.45) is 7.75. The highest BCUT2D eigenvalue weighted by Gasteiger charge is 2.50. The lowest BCUT2D eigenvalue weighted by Gasteiger charge is -2.45. The van der Waals surface area contributed by atoms with Crippen LogP contribution in [0.25, 0.3) is 66.8 Å². The van der Waals surface area contributed by atoms with E-state index < -0.39 is 0 Å². The zero-order valence-electron chi connectivity index (χ0n) is 36.9. The third-order valence-corrected chi connectivity index (χ3v) is 14.7. The maximum atomic E-state index is 2.64. The number of nitrogens with zero attached hydrogens (tertiary/aromatic N) is 1. The van der Waals surface area contributed by atoms with Gasteiger partial charge in [0.25, 0.3) is 0 Å². The van der Waals surface area contributed by atoms with Gasteiger partial charge in [0, 0.05) is 22.5 Å². The van der Waals surface area contributed by atoms with E-state index in [1.807, 2.05) is 0 Å². The molecule has 0 saturated heterocycles. The molecule has 0 heterocycles. The Bertz CT molecular complexity index is 3180. The van der Waals surface area contributed by atoms with Crippen molar-refractivity contribution >= 4 is 17.1 Å². The van der Waals surface area contributed by atoms with E-state index in [4.69, 9.17) is 0 Å². The topological polar surface area (TPSA) is 3.24 Å². The van der Waals surface area contributed by atoms with E-state index in [0.29, 0.717) is 5.92 Å². The van der Waals surface area contributed by atoms with Crippen LogP contribution in [-0.4, -0.2) is 0 Å². The predicted octanol–water partition coefficient (Wildman–Crippen LogP) is 17.5. The van der Waals surface area contributed by atoms with Crippen molar-refractivity contribution in [1.82, 2.24) is 0 Å². The minimum absolute atomic E-state index is 0.0120. The highest BCUT2D eigenvalue weighted by atomic mass is 15.1. The summed E-state index contributed by atoms with van der Waals surface area (Å²) in [7, 11) is 0. The summed E-state index contributed by atoms with van der Waals surface area (Å²) in [5.41, 5.74) is 23.2. The third kappa shape index (κ3) is 6.95. The van der Waals surface area contributed by atoms with Crippen LogP contribution >= 0.6 is 0 Å². The van der Waals surface area contributed by atoms with Gasteiger partial charge in [-0.3, -0.25) is 0 Å².